The lowest BCUT2D eigenvalue weighted by Crippen LogP contribution is -2.45. The predicted octanol–water partition coefficient (Wildman–Crippen LogP) is 5.13. The van der Waals surface area contributed by atoms with E-state index in [1.54, 1.807) is 19.3 Å². The number of carbonyl (C=O) groups excluding carboxylic acids is 4. The van der Waals surface area contributed by atoms with E-state index in [0.29, 0.717) is 36.0 Å². The Morgan fingerprint density at radius 1 is 1.02 bits per heavy atom. The number of rotatable bonds is 5. The topological polar surface area (TPSA) is 148 Å². The van der Waals surface area contributed by atoms with Crippen LogP contribution in [0.3, 0.4) is 0 Å². The molecule has 2 N–H and O–H groups in total. The van der Waals surface area contributed by atoms with Crippen molar-refractivity contribution in [3.63, 3.8) is 0 Å². The maximum Gasteiger partial charge on any atom is 0.573 e. The first-order valence-corrected chi connectivity index (χ1v) is 17.5. The van der Waals surface area contributed by atoms with Gasteiger partial charge in [0.25, 0.3) is 0 Å². The molecule has 16 heteroatoms. The van der Waals surface area contributed by atoms with Crippen molar-refractivity contribution in [1.82, 2.24) is 30.0 Å². The standard InChI is InChI=1S/C37H35F4N7O5/c1-18(49)31-23-13-21(22-14-42-19(2)43-15-22)12-20-8-5-3-4-6-11-26(50)44-17-36-28-29(36)34(36)48(27(51)16-47(46-31)32(20)23)33(28)35(52)45-24-9-7-10-25(30(24)38)53-37(39,40)41/h7,9-10,12-15,28-29,33-34H,3-6,8,11,16-17H2,1-2H3,(H,44,50)(H,45,52)/t28?,29?,33-,34+,36-/m0/s1. The zero-order chi connectivity index (χ0) is 37.4. The maximum absolute atomic E-state index is 15.1. The highest BCUT2D eigenvalue weighted by molar-refractivity contribution is 6.07. The summed E-state index contributed by atoms with van der Waals surface area (Å²) in [6, 6.07) is 5.34. The summed E-state index contributed by atoms with van der Waals surface area (Å²) in [6.07, 6.45) is 2.28. The molecule has 3 amide bonds. The van der Waals surface area contributed by atoms with Gasteiger partial charge in [0.2, 0.25) is 17.7 Å². The van der Waals surface area contributed by atoms with Gasteiger partial charge < -0.3 is 20.3 Å². The maximum atomic E-state index is 15.1. The van der Waals surface area contributed by atoms with E-state index >= 15 is 4.39 Å². The van der Waals surface area contributed by atoms with Crippen LogP contribution in [0.15, 0.2) is 42.7 Å². The zero-order valence-corrected chi connectivity index (χ0v) is 28.8. The summed E-state index contributed by atoms with van der Waals surface area (Å²) in [4.78, 5) is 64.2. The summed E-state index contributed by atoms with van der Waals surface area (Å²) < 4.78 is 59.1. The Morgan fingerprint density at radius 3 is 2.47 bits per heavy atom. The highest BCUT2D eigenvalue weighted by atomic mass is 19.4. The number of hydrogen-bond donors (Lipinski definition) is 2. The summed E-state index contributed by atoms with van der Waals surface area (Å²) in [7, 11) is 0. The first-order chi connectivity index (χ1) is 25.3. The van der Waals surface area contributed by atoms with Gasteiger partial charge in [-0.15, -0.1) is 13.2 Å². The van der Waals surface area contributed by atoms with Gasteiger partial charge >= 0.3 is 6.36 Å². The molecule has 3 aliphatic heterocycles. The Balaban J connectivity index is 1.16. The van der Waals surface area contributed by atoms with Gasteiger partial charge in [-0.2, -0.15) is 5.10 Å². The molecule has 0 radical (unpaired) electrons. The van der Waals surface area contributed by atoms with Gasteiger partial charge in [0.15, 0.2) is 17.3 Å². The molecule has 2 aliphatic carbocycles. The SMILES string of the molecule is CC(=O)c1nn2c3c(cc(-c4cnc(C)nc4)cc13)CCCCCCC(=O)NC[C@]13C4C1[C@H]3N(C(=O)C2)[C@@H]4C(=O)Nc1cccc(OC(F)(F)F)c1F. The van der Waals surface area contributed by atoms with Crippen molar-refractivity contribution in [3.8, 4) is 16.9 Å². The first kappa shape index (κ1) is 34.7. The van der Waals surface area contributed by atoms with Crippen LogP contribution in [0.25, 0.3) is 22.0 Å². The summed E-state index contributed by atoms with van der Waals surface area (Å²) in [5.74, 6) is -4.06. The molecule has 4 fully saturated rings. The zero-order valence-electron chi connectivity index (χ0n) is 28.8. The lowest BCUT2D eigenvalue weighted by atomic mass is 9.96. The second kappa shape index (κ2) is 12.6. The van der Waals surface area contributed by atoms with E-state index in [9.17, 15) is 32.3 Å². The van der Waals surface area contributed by atoms with Gasteiger partial charge in [-0.3, -0.25) is 23.9 Å². The normalized spacial score (nSPS) is 25.4. The first-order valence-electron chi connectivity index (χ1n) is 17.5. The van der Waals surface area contributed by atoms with Crippen molar-refractivity contribution >= 4 is 40.1 Å². The third-order valence-corrected chi connectivity index (χ3v) is 11.1. The van der Waals surface area contributed by atoms with Crippen LogP contribution in [-0.2, 0) is 27.3 Å². The van der Waals surface area contributed by atoms with Crippen molar-refractivity contribution in [3.05, 3.63) is 65.6 Å². The number of nitrogens with one attached hydrogen (secondary N) is 2. The number of Topliss-reactive ketones (excluding diaryl/α,β-unsaturated/α-hetero) is 1. The number of benzene rings is 2. The second-order valence-corrected chi connectivity index (χ2v) is 14.3. The molecular formula is C37H35F4N7O5. The number of aromatic nitrogens is 4. The molecule has 53 heavy (non-hydrogen) atoms. The van der Waals surface area contributed by atoms with E-state index in [1.807, 2.05) is 12.1 Å². The van der Waals surface area contributed by atoms with Crippen molar-refractivity contribution < 1.29 is 41.5 Å². The molecule has 2 aromatic carbocycles. The average molecular weight is 734 g/mol. The van der Waals surface area contributed by atoms with Crippen LogP contribution in [0.4, 0.5) is 23.2 Å². The third-order valence-electron chi connectivity index (χ3n) is 11.1. The van der Waals surface area contributed by atoms with Gasteiger partial charge in [-0.25, -0.2) is 14.4 Å². The average Bonchev–Trinajstić information content (AvgIpc) is 3.71. The number of anilines is 1. The lowest BCUT2D eigenvalue weighted by Gasteiger charge is -2.24. The Labute approximate surface area is 300 Å². The molecule has 4 aromatic rings. The number of ketones is 1. The minimum atomic E-state index is -5.16. The molecule has 5 heterocycles. The monoisotopic (exact) mass is 733 g/mol. The molecule has 12 nitrogen and oxygen atoms in total. The van der Waals surface area contributed by atoms with Gasteiger partial charge in [0.05, 0.1) is 11.2 Å². The van der Waals surface area contributed by atoms with Crippen molar-refractivity contribution in [2.24, 2.45) is 17.3 Å². The van der Waals surface area contributed by atoms with Crippen molar-refractivity contribution in [1.29, 1.82) is 0 Å². The minimum absolute atomic E-state index is 0.0943. The van der Waals surface area contributed by atoms with Crippen LogP contribution >= 0.6 is 0 Å². The number of hydrogen-bond acceptors (Lipinski definition) is 8. The Bertz CT molecular complexity index is 2190. The summed E-state index contributed by atoms with van der Waals surface area (Å²) in [5, 5.41) is 10.6. The summed E-state index contributed by atoms with van der Waals surface area (Å²) in [6.45, 7) is 3.11. The van der Waals surface area contributed by atoms with Crippen LogP contribution in [0.5, 0.6) is 5.75 Å². The second-order valence-electron chi connectivity index (χ2n) is 14.3. The van der Waals surface area contributed by atoms with E-state index in [2.05, 4.69) is 30.4 Å². The third kappa shape index (κ3) is 5.97. The number of alkyl halides is 3. The number of piperidine rings is 1. The number of ether oxygens (including phenoxy) is 1. The van der Waals surface area contributed by atoms with Crippen LogP contribution in [0, 0.1) is 30.0 Å². The van der Waals surface area contributed by atoms with Crippen LogP contribution in [0.1, 0.15) is 60.9 Å². The van der Waals surface area contributed by atoms with Gasteiger partial charge in [0, 0.05) is 60.6 Å². The molecule has 9 rings (SSSR count). The molecule has 276 valence electrons. The number of halogens is 4. The Kier molecular flexibility index (Phi) is 8.26. The van der Waals surface area contributed by atoms with E-state index < -0.39 is 52.9 Å². The highest BCUT2D eigenvalue weighted by Crippen LogP contribution is 2.87. The molecule has 2 saturated carbocycles. The van der Waals surface area contributed by atoms with Gasteiger partial charge in [0.1, 0.15) is 24.1 Å². The minimum Gasteiger partial charge on any atom is -0.403 e. The van der Waals surface area contributed by atoms with Gasteiger partial charge in [-0.05, 0) is 67.5 Å². The fraction of sp³-hybridized carbons (Fsp3) is 0.432. The van der Waals surface area contributed by atoms with Crippen molar-refractivity contribution in [2.45, 2.75) is 77.4 Å². The summed E-state index contributed by atoms with van der Waals surface area (Å²) in [5.41, 5.74) is 2.08. The molecule has 1 spiro atoms. The molecule has 5 atom stereocenters. The fourth-order valence-corrected chi connectivity index (χ4v) is 8.67. The number of amides is 3. The number of carbonyl (C=O) groups is 4. The van der Waals surface area contributed by atoms with E-state index in [0.717, 1.165) is 54.2 Å². The van der Waals surface area contributed by atoms with E-state index in [-0.39, 0.29) is 42.3 Å². The molecule has 4 bridgehead atoms. The quantitative estimate of drug-likeness (QED) is 0.212. The van der Waals surface area contributed by atoms with Gasteiger partial charge in [-0.1, -0.05) is 18.9 Å². The van der Waals surface area contributed by atoms with Crippen LogP contribution in [-0.4, -0.2) is 73.1 Å². The Hall–Kier alpha value is -5.41. The molecule has 5 aliphatic rings. The fourth-order valence-electron chi connectivity index (χ4n) is 8.67. The van der Waals surface area contributed by atoms with E-state index in [1.165, 1.54) is 16.5 Å². The van der Waals surface area contributed by atoms with Crippen LogP contribution < -0.4 is 15.4 Å². The molecular weight excluding hydrogens is 698 g/mol. The number of nitrogens with zero attached hydrogens (tertiary/aromatic N) is 5. The lowest BCUT2D eigenvalue weighted by molar-refractivity contribution is -0.275. The molecule has 2 aromatic heterocycles. The number of aryl methyl sites for hydroxylation is 2. The highest BCUT2D eigenvalue weighted by Gasteiger charge is 2.96. The predicted molar refractivity (Wildman–Crippen MR) is 181 cm³/mol. The Morgan fingerprint density at radius 2 is 1.75 bits per heavy atom. The van der Waals surface area contributed by atoms with Crippen LogP contribution in [0.2, 0.25) is 0 Å². The largest absolute Gasteiger partial charge is 0.573 e. The van der Waals surface area contributed by atoms with E-state index in [4.69, 9.17) is 0 Å². The molecule has 2 unspecified atom stereocenters. The smallest absolute Gasteiger partial charge is 0.403 e. The van der Waals surface area contributed by atoms with Crippen molar-refractivity contribution in [2.75, 3.05) is 11.9 Å². The molecule has 2 saturated heterocycles. The summed E-state index contributed by atoms with van der Waals surface area (Å²) >= 11 is 0.